The first-order valence-corrected chi connectivity index (χ1v) is 4.30. The second-order valence-corrected chi connectivity index (χ2v) is 2.13. The third-order valence-electron chi connectivity index (χ3n) is 1.01. The number of aliphatic hydroxyl groups is 1. The molecule has 0 aliphatic rings. The zero-order chi connectivity index (χ0) is 11.1. The molecule has 0 aliphatic carbocycles. The van der Waals surface area contributed by atoms with E-state index in [2.05, 4.69) is 20.1 Å². The largest absolute Gasteiger partial charge is 0.631 e. The fraction of sp³-hybridized carbons (Fsp3) is 0.750. The second kappa shape index (κ2) is 22.6. The predicted molar refractivity (Wildman–Crippen MR) is 54.9 cm³/mol. The molecule has 0 amide bonds. The van der Waals surface area contributed by atoms with E-state index in [9.17, 15) is 0 Å². The van der Waals surface area contributed by atoms with E-state index in [0.29, 0.717) is 6.61 Å². The molecule has 0 atom stereocenters. The van der Waals surface area contributed by atoms with Crippen molar-refractivity contribution >= 4 is 7.32 Å². The molecule has 5 heteroatoms. The molecule has 80 valence electrons. The summed E-state index contributed by atoms with van der Waals surface area (Å²) < 4.78 is 0. The van der Waals surface area contributed by atoms with Crippen molar-refractivity contribution in [2.45, 2.75) is 32.6 Å². The molecule has 0 fully saturated rings. The third kappa shape index (κ3) is 81.5. The van der Waals surface area contributed by atoms with Crippen LogP contribution < -0.4 is 0 Å². The van der Waals surface area contributed by atoms with Crippen LogP contribution in [0.3, 0.4) is 0 Å². The van der Waals surface area contributed by atoms with E-state index in [1.807, 2.05) is 0 Å². The second-order valence-electron chi connectivity index (χ2n) is 2.13. The molecule has 0 saturated heterocycles. The molecule has 0 saturated carbocycles. The molecule has 0 aromatic carbocycles. The minimum absolute atomic E-state index is 0.361. The standard InChI is InChI=1S/C6H14O.C2H4.BH3O3/c1-2-3-4-5-6-7;1-2;2-1(3)4/h7H,2-6H2,1H3;1-2H2;2-4H. The molecule has 0 aliphatic heterocycles. The molecule has 0 unspecified atom stereocenters. The van der Waals surface area contributed by atoms with Gasteiger partial charge in [0, 0.05) is 6.61 Å². The van der Waals surface area contributed by atoms with Crippen LogP contribution in [-0.2, 0) is 0 Å². The SMILES string of the molecule is C=C.CCCCCCO.OB(O)O. The van der Waals surface area contributed by atoms with E-state index in [1.165, 1.54) is 19.3 Å². The Morgan fingerprint density at radius 3 is 1.62 bits per heavy atom. The lowest BCUT2D eigenvalue weighted by Crippen LogP contribution is -2.07. The quantitative estimate of drug-likeness (QED) is 0.293. The Bertz CT molecular complexity index is 64.4. The normalized spacial score (nSPS) is 7.46. The van der Waals surface area contributed by atoms with Crippen molar-refractivity contribution < 1.29 is 20.2 Å². The first-order valence-electron chi connectivity index (χ1n) is 4.30. The summed E-state index contributed by atoms with van der Waals surface area (Å²) in [5.41, 5.74) is 0. The number of rotatable bonds is 4. The van der Waals surface area contributed by atoms with Crippen molar-refractivity contribution in [3.8, 4) is 0 Å². The Morgan fingerprint density at radius 1 is 1.00 bits per heavy atom. The molecule has 0 aromatic heterocycles. The Balaban J connectivity index is -0.000000142. The van der Waals surface area contributed by atoms with Gasteiger partial charge in [0.15, 0.2) is 0 Å². The molecule has 0 bridgehead atoms. The summed E-state index contributed by atoms with van der Waals surface area (Å²) in [5, 5.41) is 29.8. The Hall–Kier alpha value is -0.355. The van der Waals surface area contributed by atoms with Crippen LogP contribution in [0.2, 0.25) is 0 Å². The summed E-state index contributed by atoms with van der Waals surface area (Å²) in [6.45, 7) is 8.53. The van der Waals surface area contributed by atoms with Gasteiger partial charge in [0.05, 0.1) is 0 Å². The van der Waals surface area contributed by atoms with E-state index < -0.39 is 7.32 Å². The minimum Gasteiger partial charge on any atom is -0.402 e. The zero-order valence-electron chi connectivity index (χ0n) is 8.32. The van der Waals surface area contributed by atoms with Gasteiger partial charge in [-0.3, -0.25) is 0 Å². The maximum atomic E-state index is 8.29. The van der Waals surface area contributed by atoms with Gasteiger partial charge in [-0.1, -0.05) is 26.2 Å². The zero-order valence-corrected chi connectivity index (χ0v) is 8.32. The summed E-state index contributed by atoms with van der Waals surface area (Å²) in [6.07, 6.45) is 4.68. The van der Waals surface area contributed by atoms with Gasteiger partial charge in [0.25, 0.3) is 0 Å². The third-order valence-corrected chi connectivity index (χ3v) is 1.01. The van der Waals surface area contributed by atoms with E-state index in [0.717, 1.165) is 6.42 Å². The lowest BCUT2D eigenvalue weighted by Gasteiger charge is -1.90. The minimum atomic E-state index is -2.17. The average molecular weight is 192 g/mol. The van der Waals surface area contributed by atoms with Gasteiger partial charge in [-0.2, -0.15) is 0 Å². The Kier molecular flexibility index (Phi) is 32.0. The monoisotopic (exact) mass is 192 g/mol. The highest BCUT2D eigenvalue weighted by molar-refractivity contribution is 6.30. The van der Waals surface area contributed by atoms with Crippen molar-refractivity contribution in [1.29, 1.82) is 0 Å². The van der Waals surface area contributed by atoms with E-state index in [4.69, 9.17) is 20.2 Å². The van der Waals surface area contributed by atoms with Crippen LogP contribution >= 0.6 is 0 Å². The van der Waals surface area contributed by atoms with Crippen LogP contribution in [0.15, 0.2) is 13.2 Å². The number of aliphatic hydroxyl groups excluding tert-OH is 1. The summed E-state index contributed by atoms with van der Waals surface area (Å²) in [7, 11) is -2.17. The topological polar surface area (TPSA) is 80.9 Å². The summed E-state index contributed by atoms with van der Waals surface area (Å²) in [5.74, 6) is 0. The van der Waals surface area contributed by atoms with Crippen molar-refractivity contribution in [3.63, 3.8) is 0 Å². The fourth-order valence-electron chi connectivity index (χ4n) is 0.539. The first kappa shape index (κ1) is 18.4. The fourth-order valence-corrected chi connectivity index (χ4v) is 0.539. The predicted octanol–water partition coefficient (Wildman–Crippen LogP) is 0.309. The molecular weight excluding hydrogens is 171 g/mol. The van der Waals surface area contributed by atoms with Crippen LogP contribution in [0.25, 0.3) is 0 Å². The van der Waals surface area contributed by atoms with Crippen LogP contribution in [0.5, 0.6) is 0 Å². The lowest BCUT2D eigenvalue weighted by molar-refractivity contribution is 0.278. The molecule has 0 spiro atoms. The van der Waals surface area contributed by atoms with Crippen molar-refractivity contribution in [3.05, 3.63) is 13.2 Å². The summed E-state index contributed by atoms with van der Waals surface area (Å²) in [6, 6.07) is 0. The Labute approximate surface area is 80.7 Å². The van der Waals surface area contributed by atoms with Gasteiger partial charge in [-0.25, -0.2) is 0 Å². The summed E-state index contributed by atoms with van der Waals surface area (Å²) >= 11 is 0. The highest BCUT2D eigenvalue weighted by Crippen LogP contribution is 1.95. The van der Waals surface area contributed by atoms with Crippen molar-refractivity contribution in [1.82, 2.24) is 0 Å². The van der Waals surface area contributed by atoms with Gasteiger partial charge in [0.2, 0.25) is 0 Å². The maximum absolute atomic E-state index is 8.29. The smallest absolute Gasteiger partial charge is 0.402 e. The number of unbranched alkanes of at least 4 members (excludes halogenated alkanes) is 3. The van der Waals surface area contributed by atoms with Crippen molar-refractivity contribution in [2.24, 2.45) is 0 Å². The molecule has 4 nitrogen and oxygen atoms in total. The van der Waals surface area contributed by atoms with Crippen LogP contribution in [0.1, 0.15) is 32.6 Å². The lowest BCUT2D eigenvalue weighted by atomic mass is 10.2. The molecule has 13 heavy (non-hydrogen) atoms. The molecule has 0 radical (unpaired) electrons. The molecule has 4 N–H and O–H groups in total. The number of hydrogen-bond acceptors (Lipinski definition) is 4. The molecule has 0 heterocycles. The molecule has 0 rings (SSSR count). The van der Waals surface area contributed by atoms with Crippen LogP contribution in [-0.4, -0.2) is 34.1 Å². The maximum Gasteiger partial charge on any atom is 0.631 e. The molecular formula is C8H21BO4. The first-order chi connectivity index (χ1) is 6.15. The van der Waals surface area contributed by atoms with Gasteiger partial charge in [-0.05, 0) is 6.42 Å². The highest BCUT2D eigenvalue weighted by Gasteiger charge is 1.92. The molecule has 0 aromatic rings. The van der Waals surface area contributed by atoms with Crippen LogP contribution in [0.4, 0.5) is 0 Å². The van der Waals surface area contributed by atoms with E-state index in [1.54, 1.807) is 0 Å². The van der Waals surface area contributed by atoms with Gasteiger partial charge < -0.3 is 20.2 Å². The average Bonchev–Trinajstić information content (AvgIpc) is 2.08. The van der Waals surface area contributed by atoms with E-state index in [-0.39, 0.29) is 0 Å². The van der Waals surface area contributed by atoms with Gasteiger partial charge in [0.1, 0.15) is 0 Å². The van der Waals surface area contributed by atoms with E-state index >= 15 is 0 Å². The number of hydrogen-bond donors (Lipinski definition) is 4. The van der Waals surface area contributed by atoms with Gasteiger partial charge in [-0.15, -0.1) is 13.2 Å². The van der Waals surface area contributed by atoms with Crippen LogP contribution in [0, 0.1) is 0 Å². The van der Waals surface area contributed by atoms with Gasteiger partial charge >= 0.3 is 7.32 Å². The highest BCUT2D eigenvalue weighted by atomic mass is 16.5. The Morgan fingerprint density at radius 2 is 1.38 bits per heavy atom. The van der Waals surface area contributed by atoms with Crippen molar-refractivity contribution in [2.75, 3.05) is 6.61 Å². The summed E-state index contributed by atoms with van der Waals surface area (Å²) in [4.78, 5) is 0.